The van der Waals surface area contributed by atoms with Gasteiger partial charge in [-0.3, -0.25) is 10.1 Å². The van der Waals surface area contributed by atoms with Gasteiger partial charge < -0.3 is 0 Å². The minimum Gasteiger partial charge on any atom is -0.258 e. The van der Waals surface area contributed by atoms with Crippen LogP contribution in [0.25, 0.3) is 0 Å². The molecule has 0 spiro atoms. The highest BCUT2D eigenvalue weighted by atomic mass is 19.1. The summed E-state index contributed by atoms with van der Waals surface area (Å²) in [6.07, 6.45) is -0.0787. The summed E-state index contributed by atoms with van der Waals surface area (Å²) < 4.78 is 13.1. The Kier molecular flexibility index (Phi) is 2.77. The largest absolute Gasteiger partial charge is 0.275 e. The number of nitriles is 1. The Labute approximate surface area is 79.7 Å². The minimum absolute atomic E-state index is 0.0787. The number of nitro benzene ring substituents is 1. The van der Waals surface area contributed by atoms with Crippen molar-refractivity contribution in [3.63, 3.8) is 0 Å². The number of aryl methyl sites for hydroxylation is 1. The zero-order chi connectivity index (χ0) is 10.7. The molecule has 0 amide bonds. The highest BCUT2D eigenvalue weighted by Gasteiger charge is 2.14. The number of hydrogen-bond donors (Lipinski definition) is 0. The number of benzene rings is 1. The zero-order valence-corrected chi connectivity index (χ0v) is 7.45. The Balaban J connectivity index is 3.25. The molecule has 0 heterocycles. The summed E-state index contributed by atoms with van der Waals surface area (Å²) in [5, 5.41) is 18.8. The molecule has 0 aromatic heterocycles. The van der Waals surface area contributed by atoms with Gasteiger partial charge in [0.25, 0.3) is 5.69 Å². The van der Waals surface area contributed by atoms with Crippen LogP contribution in [0.1, 0.15) is 11.1 Å². The molecule has 14 heavy (non-hydrogen) atoms. The van der Waals surface area contributed by atoms with Crippen LogP contribution in [0.5, 0.6) is 0 Å². The van der Waals surface area contributed by atoms with Crippen LogP contribution in [0.4, 0.5) is 10.1 Å². The monoisotopic (exact) mass is 194 g/mol. The number of halogens is 1. The fourth-order valence-corrected chi connectivity index (χ4v) is 1.15. The smallest absolute Gasteiger partial charge is 0.258 e. The second-order valence-electron chi connectivity index (χ2n) is 2.82. The molecule has 0 saturated heterocycles. The molecule has 0 aliphatic carbocycles. The number of hydrogen-bond acceptors (Lipinski definition) is 3. The topological polar surface area (TPSA) is 66.9 Å². The van der Waals surface area contributed by atoms with Crippen molar-refractivity contribution in [3.8, 4) is 6.07 Å². The Bertz CT molecular complexity index is 424. The third-order valence-corrected chi connectivity index (χ3v) is 1.83. The van der Waals surface area contributed by atoms with Gasteiger partial charge in [-0.25, -0.2) is 4.39 Å². The van der Waals surface area contributed by atoms with Crippen LogP contribution < -0.4 is 0 Å². The van der Waals surface area contributed by atoms with E-state index in [9.17, 15) is 14.5 Å². The second kappa shape index (κ2) is 3.83. The molecule has 1 rings (SSSR count). The van der Waals surface area contributed by atoms with Gasteiger partial charge in [-0.1, -0.05) is 0 Å². The van der Waals surface area contributed by atoms with E-state index >= 15 is 0 Å². The van der Waals surface area contributed by atoms with Gasteiger partial charge in [0.15, 0.2) is 0 Å². The molecule has 4 nitrogen and oxygen atoms in total. The van der Waals surface area contributed by atoms with Crippen molar-refractivity contribution in [3.05, 3.63) is 39.2 Å². The van der Waals surface area contributed by atoms with E-state index in [2.05, 4.69) is 0 Å². The standard InChI is InChI=1S/C9H7FN2O2/c1-6-4-7(2-3-11)8(10)5-9(6)12(13)14/h4-5H,2H2,1H3. The van der Waals surface area contributed by atoms with E-state index in [1.807, 2.05) is 0 Å². The Morgan fingerprint density at radius 1 is 1.64 bits per heavy atom. The summed E-state index contributed by atoms with van der Waals surface area (Å²) in [5.41, 5.74) is 0.293. The van der Waals surface area contributed by atoms with Gasteiger partial charge in [-0.15, -0.1) is 0 Å². The fraction of sp³-hybridized carbons (Fsp3) is 0.222. The quantitative estimate of drug-likeness (QED) is 0.534. The SMILES string of the molecule is Cc1cc(CC#N)c(F)cc1[N+](=O)[O-]. The van der Waals surface area contributed by atoms with Crippen LogP contribution in [0, 0.1) is 34.2 Å². The van der Waals surface area contributed by atoms with E-state index in [0.717, 1.165) is 6.07 Å². The van der Waals surface area contributed by atoms with Crippen LogP contribution in [-0.2, 0) is 6.42 Å². The predicted molar refractivity (Wildman–Crippen MR) is 47.1 cm³/mol. The van der Waals surface area contributed by atoms with Crippen LogP contribution in [0.3, 0.4) is 0 Å². The predicted octanol–water partition coefficient (Wildman–Crippen LogP) is 2.11. The molecule has 0 unspecified atom stereocenters. The minimum atomic E-state index is -0.705. The average Bonchev–Trinajstić information content (AvgIpc) is 2.10. The molecule has 0 radical (unpaired) electrons. The first kappa shape index (κ1) is 10.1. The molecule has 0 bridgehead atoms. The molecule has 0 N–H and O–H groups in total. The summed E-state index contributed by atoms with van der Waals surface area (Å²) >= 11 is 0. The summed E-state index contributed by atoms with van der Waals surface area (Å²) in [6.45, 7) is 1.51. The maximum atomic E-state index is 13.1. The normalized spacial score (nSPS) is 9.50. The van der Waals surface area contributed by atoms with Crippen molar-refractivity contribution in [2.24, 2.45) is 0 Å². The third kappa shape index (κ3) is 1.85. The summed E-state index contributed by atoms with van der Waals surface area (Å²) in [4.78, 5) is 9.77. The number of nitro groups is 1. The maximum Gasteiger partial charge on any atom is 0.275 e. The van der Waals surface area contributed by atoms with Crippen molar-refractivity contribution in [2.75, 3.05) is 0 Å². The molecule has 1 aromatic rings. The van der Waals surface area contributed by atoms with Gasteiger partial charge in [0.1, 0.15) is 5.82 Å². The molecule has 0 saturated carbocycles. The first-order valence-electron chi connectivity index (χ1n) is 3.86. The first-order valence-corrected chi connectivity index (χ1v) is 3.86. The van der Waals surface area contributed by atoms with E-state index in [4.69, 9.17) is 5.26 Å². The van der Waals surface area contributed by atoms with Gasteiger partial charge in [0, 0.05) is 11.1 Å². The van der Waals surface area contributed by atoms with Crippen molar-refractivity contribution in [2.45, 2.75) is 13.3 Å². The van der Waals surface area contributed by atoms with E-state index in [0.29, 0.717) is 5.56 Å². The highest BCUT2D eigenvalue weighted by molar-refractivity contribution is 5.43. The Hall–Kier alpha value is -1.96. The van der Waals surface area contributed by atoms with E-state index in [-0.39, 0.29) is 17.7 Å². The third-order valence-electron chi connectivity index (χ3n) is 1.83. The first-order chi connectivity index (χ1) is 6.56. The number of rotatable bonds is 2. The van der Waals surface area contributed by atoms with Crippen molar-refractivity contribution >= 4 is 5.69 Å². The molecule has 1 aromatic carbocycles. The molecular formula is C9H7FN2O2. The van der Waals surface area contributed by atoms with Crippen molar-refractivity contribution < 1.29 is 9.31 Å². The highest BCUT2D eigenvalue weighted by Crippen LogP contribution is 2.22. The summed E-state index contributed by atoms with van der Waals surface area (Å²) in [5.74, 6) is -0.705. The lowest BCUT2D eigenvalue weighted by molar-refractivity contribution is -0.385. The van der Waals surface area contributed by atoms with Gasteiger partial charge in [-0.2, -0.15) is 5.26 Å². The molecule has 0 aliphatic heterocycles. The Morgan fingerprint density at radius 2 is 2.29 bits per heavy atom. The van der Waals surface area contributed by atoms with Crippen LogP contribution in [0.2, 0.25) is 0 Å². The van der Waals surface area contributed by atoms with Crippen molar-refractivity contribution in [1.29, 1.82) is 5.26 Å². The van der Waals surface area contributed by atoms with Crippen LogP contribution in [-0.4, -0.2) is 4.92 Å². The second-order valence-corrected chi connectivity index (χ2v) is 2.82. The van der Waals surface area contributed by atoms with Crippen molar-refractivity contribution in [1.82, 2.24) is 0 Å². The molecular weight excluding hydrogens is 187 g/mol. The van der Waals surface area contributed by atoms with E-state index in [1.54, 1.807) is 6.07 Å². The zero-order valence-electron chi connectivity index (χ0n) is 7.45. The molecule has 0 fully saturated rings. The fourth-order valence-electron chi connectivity index (χ4n) is 1.15. The van der Waals surface area contributed by atoms with Gasteiger partial charge in [0.05, 0.1) is 23.5 Å². The molecule has 72 valence electrons. The van der Waals surface area contributed by atoms with E-state index in [1.165, 1.54) is 13.0 Å². The van der Waals surface area contributed by atoms with Gasteiger partial charge in [0.2, 0.25) is 0 Å². The lowest BCUT2D eigenvalue weighted by Gasteiger charge is -2.01. The van der Waals surface area contributed by atoms with Gasteiger partial charge >= 0.3 is 0 Å². The van der Waals surface area contributed by atoms with E-state index < -0.39 is 10.7 Å². The van der Waals surface area contributed by atoms with Crippen LogP contribution in [0.15, 0.2) is 12.1 Å². The summed E-state index contributed by atoms with van der Waals surface area (Å²) in [6, 6.07) is 3.97. The maximum absolute atomic E-state index is 13.1. The number of nitrogens with zero attached hydrogens (tertiary/aromatic N) is 2. The lowest BCUT2D eigenvalue weighted by Crippen LogP contribution is -1.96. The molecule has 0 aliphatic rings. The lowest BCUT2D eigenvalue weighted by atomic mass is 10.1. The molecule has 5 heteroatoms. The van der Waals surface area contributed by atoms with Gasteiger partial charge in [-0.05, 0) is 13.0 Å². The summed E-state index contributed by atoms with van der Waals surface area (Å²) in [7, 11) is 0. The van der Waals surface area contributed by atoms with Crippen LogP contribution >= 0.6 is 0 Å². The molecule has 0 atom stereocenters. The average molecular weight is 194 g/mol. The Morgan fingerprint density at radius 3 is 2.79 bits per heavy atom.